The van der Waals surface area contributed by atoms with Crippen molar-refractivity contribution >= 4 is 15.5 Å². The molecular formula is C15H22N2O3S. The van der Waals surface area contributed by atoms with Crippen molar-refractivity contribution in [2.45, 2.75) is 24.8 Å². The molecule has 0 spiro atoms. The van der Waals surface area contributed by atoms with Gasteiger partial charge >= 0.3 is 0 Å². The molecule has 21 heavy (non-hydrogen) atoms. The number of nitrogens with zero attached hydrogens (tertiary/aromatic N) is 1. The SMILES string of the molecule is NCC1(N2CCCOc3ccccc32)CCS(=O)(=O)CC1. The van der Waals surface area contributed by atoms with Crippen LogP contribution in [0.3, 0.4) is 0 Å². The van der Waals surface area contributed by atoms with Gasteiger partial charge in [0, 0.05) is 13.1 Å². The van der Waals surface area contributed by atoms with Crippen LogP contribution in [0.25, 0.3) is 0 Å². The number of hydrogen-bond acceptors (Lipinski definition) is 5. The van der Waals surface area contributed by atoms with Crippen LogP contribution in [0.2, 0.25) is 0 Å². The Morgan fingerprint density at radius 3 is 2.67 bits per heavy atom. The average molecular weight is 310 g/mol. The Kier molecular flexibility index (Phi) is 3.84. The van der Waals surface area contributed by atoms with E-state index in [4.69, 9.17) is 10.5 Å². The van der Waals surface area contributed by atoms with Crippen molar-refractivity contribution in [3.8, 4) is 5.75 Å². The fourth-order valence-corrected chi connectivity index (χ4v) is 4.91. The second kappa shape index (κ2) is 5.50. The summed E-state index contributed by atoms with van der Waals surface area (Å²) in [7, 11) is -2.90. The second-order valence-electron chi connectivity index (χ2n) is 5.90. The van der Waals surface area contributed by atoms with E-state index in [1.54, 1.807) is 0 Å². The van der Waals surface area contributed by atoms with E-state index in [9.17, 15) is 8.42 Å². The number of anilines is 1. The quantitative estimate of drug-likeness (QED) is 0.888. The number of sulfone groups is 1. The van der Waals surface area contributed by atoms with Gasteiger partial charge in [-0.2, -0.15) is 0 Å². The second-order valence-corrected chi connectivity index (χ2v) is 8.21. The number of hydrogen-bond donors (Lipinski definition) is 1. The van der Waals surface area contributed by atoms with Crippen LogP contribution in [-0.2, 0) is 9.84 Å². The molecule has 0 aliphatic carbocycles. The third-order valence-electron chi connectivity index (χ3n) is 4.65. The number of nitrogens with two attached hydrogens (primary N) is 1. The van der Waals surface area contributed by atoms with Crippen molar-refractivity contribution in [2.24, 2.45) is 5.73 Å². The Hall–Kier alpha value is -1.27. The summed E-state index contributed by atoms with van der Waals surface area (Å²) in [6, 6.07) is 7.96. The average Bonchev–Trinajstić information content (AvgIpc) is 2.71. The predicted molar refractivity (Wildman–Crippen MR) is 83.6 cm³/mol. The van der Waals surface area contributed by atoms with Crippen molar-refractivity contribution < 1.29 is 13.2 Å². The molecule has 0 radical (unpaired) electrons. The highest BCUT2D eigenvalue weighted by atomic mass is 32.2. The zero-order valence-electron chi connectivity index (χ0n) is 12.1. The van der Waals surface area contributed by atoms with E-state index in [-0.39, 0.29) is 17.0 Å². The fourth-order valence-electron chi connectivity index (χ4n) is 3.32. The van der Waals surface area contributed by atoms with Gasteiger partial charge in [-0.1, -0.05) is 12.1 Å². The van der Waals surface area contributed by atoms with E-state index < -0.39 is 9.84 Å². The Morgan fingerprint density at radius 1 is 1.24 bits per heavy atom. The van der Waals surface area contributed by atoms with Crippen LogP contribution in [0.15, 0.2) is 24.3 Å². The number of benzene rings is 1. The predicted octanol–water partition coefficient (Wildman–Crippen LogP) is 1.18. The monoisotopic (exact) mass is 310 g/mol. The lowest BCUT2D eigenvalue weighted by Gasteiger charge is -2.46. The van der Waals surface area contributed by atoms with E-state index in [2.05, 4.69) is 4.90 Å². The van der Waals surface area contributed by atoms with E-state index in [1.165, 1.54) is 0 Å². The van der Waals surface area contributed by atoms with Crippen LogP contribution in [0.4, 0.5) is 5.69 Å². The fraction of sp³-hybridized carbons (Fsp3) is 0.600. The lowest BCUT2D eigenvalue weighted by atomic mass is 9.89. The summed E-state index contributed by atoms with van der Waals surface area (Å²) in [5.41, 5.74) is 6.86. The minimum absolute atomic E-state index is 0.226. The third-order valence-corrected chi connectivity index (χ3v) is 6.30. The number of ether oxygens (including phenoxy) is 1. The molecular weight excluding hydrogens is 288 g/mol. The molecule has 0 bridgehead atoms. The summed E-state index contributed by atoms with van der Waals surface area (Å²) < 4.78 is 29.3. The van der Waals surface area contributed by atoms with Crippen LogP contribution in [0.1, 0.15) is 19.3 Å². The summed E-state index contributed by atoms with van der Waals surface area (Å²) >= 11 is 0. The number of fused-ring (bicyclic) bond motifs is 1. The van der Waals surface area contributed by atoms with E-state index >= 15 is 0 Å². The lowest BCUT2D eigenvalue weighted by molar-refractivity contribution is 0.318. The van der Waals surface area contributed by atoms with Crippen LogP contribution in [0, 0.1) is 0 Å². The van der Waals surface area contributed by atoms with Gasteiger partial charge in [0.2, 0.25) is 0 Å². The number of rotatable bonds is 2. The number of para-hydroxylation sites is 2. The van der Waals surface area contributed by atoms with Gasteiger partial charge in [-0.3, -0.25) is 0 Å². The molecule has 5 nitrogen and oxygen atoms in total. The van der Waals surface area contributed by atoms with Crippen molar-refractivity contribution in [3.63, 3.8) is 0 Å². The van der Waals surface area contributed by atoms with Gasteiger partial charge in [-0.05, 0) is 31.4 Å². The van der Waals surface area contributed by atoms with Gasteiger partial charge in [0.1, 0.15) is 5.75 Å². The molecule has 0 unspecified atom stereocenters. The molecule has 3 rings (SSSR count). The molecule has 116 valence electrons. The Labute approximate surface area is 126 Å². The summed E-state index contributed by atoms with van der Waals surface area (Å²) in [4.78, 5) is 2.30. The van der Waals surface area contributed by atoms with Gasteiger partial charge in [0.15, 0.2) is 9.84 Å². The molecule has 0 atom stereocenters. The van der Waals surface area contributed by atoms with E-state index in [0.29, 0.717) is 26.0 Å². The van der Waals surface area contributed by atoms with Crippen LogP contribution in [-0.4, -0.2) is 45.2 Å². The summed E-state index contributed by atoms with van der Waals surface area (Å²) in [5.74, 6) is 1.32. The highest BCUT2D eigenvalue weighted by Gasteiger charge is 2.42. The lowest BCUT2D eigenvalue weighted by Crippen LogP contribution is -2.58. The maximum Gasteiger partial charge on any atom is 0.150 e. The third kappa shape index (κ3) is 2.74. The molecule has 1 aromatic rings. The highest BCUT2D eigenvalue weighted by Crippen LogP contribution is 2.39. The standard InChI is InChI=1S/C15H22N2O3S/c16-12-15(6-10-21(18,19)11-7-15)17-8-3-9-20-14-5-2-1-4-13(14)17/h1-2,4-5H,3,6-12,16H2. The van der Waals surface area contributed by atoms with Gasteiger partial charge < -0.3 is 15.4 Å². The maximum absolute atomic E-state index is 11.8. The van der Waals surface area contributed by atoms with Gasteiger partial charge in [0.25, 0.3) is 0 Å². The summed E-state index contributed by atoms with van der Waals surface area (Å²) in [6.45, 7) is 2.01. The molecule has 2 heterocycles. The smallest absolute Gasteiger partial charge is 0.150 e. The first kappa shape index (κ1) is 14.7. The van der Waals surface area contributed by atoms with Crippen molar-refractivity contribution in [2.75, 3.05) is 36.1 Å². The first-order valence-corrected chi connectivity index (χ1v) is 9.28. The minimum Gasteiger partial charge on any atom is -0.491 e. The molecule has 0 saturated carbocycles. The molecule has 2 N–H and O–H groups in total. The highest BCUT2D eigenvalue weighted by molar-refractivity contribution is 7.91. The molecule has 6 heteroatoms. The Bertz CT molecular complexity index is 601. The van der Waals surface area contributed by atoms with Crippen LogP contribution in [0.5, 0.6) is 5.75 Å². The first-order chi connectivity index (χ1) is 10.1. The molecule has 1 fully saturated rings. The van der Waals surface area contributed by atoms with Crippen molar-refractivity contribution in [1.82, 2.24) is 0 Å². The molecule has 1 aromatic carbocycles. The molecule has 1 saturated heterocycles. The topological polar surface area (TPSA) is 72.6 Å². The molecule has 2 aliphatic heterocycles. The molecule has 2 aliphatic rings. The zero-order chi connectivity index (χ0) is 14.9. The summed E-state index contributed by atoms with van der Waals surface area (Å²) in [6.07, 6.45) is 2.11. The van der Waals surface area contributed by atoms with Gasteiger partial charge in [-0.25, -0.2) is 8.42 Å². The van der Waals surface area contributed by atoms with Gasteiger partial charge in [-0.15, -0.1) is 0 Å². The normalized spacial score (nSPS) is 23.8. The van der Waals surface area contributed by atoms with Gasteiger partial charge in [0.05, 0.1) is 29.3 Å². The zero-order valence-corrected chi connectivity index (χ0v) is 12.9. The minimum atomic E-state index is -2.90. The largest absolute Gasteiger partial charge is 0.491 e. The van der Waals surface area contributed by atoms with E-state index in [0.717, 1.165) is 24.4 Å². The first-order valence-electron chi connectivity index (χ1n) is 7.46. The van der Waals surface area contributed by atoms with Crippen LogP contribution >= 0.6 is 0 Å². The van der Waals surface area contributed by atoms with E-state index in [1.807, 2.05) is 24.3 Å². The van der Waals surface area contributed by atoms with Crippen molar-refractivity contribution in [3.05, 3.63) is 24.3 Å². The summed E-state index contributed by atoms with van der Waals surface area (Å²) in [5, 5.41) is 0. The Morgan fingerprint density at radius 2 is 1.95 bits per heavy atom. The van der Waals surface area contributed by atoms with Crippen molar-refractivity contribution in [1.29, 1.82) is 0 Å². The molecule has 0 amide bonds. The van der Waals surface area contributed by atoms with Crippen LogP contribution < -0.4 is 15.4 Å². The molecule has 0 aromatic heterocycles. The maximum atomic E-state index is 11.8. The Balaban J connectivity index is 1.97.